The molecule has 1 heterocycles. The Hall–Kier alpha value is -0.660. The molecule has 0 unspecified atom stereocenters. The lowest BCUT2D eigenvalue weighted by Gasteiger charge is -1.98. The van der Waals surface area contributed by atoms with Gasteiger partial charge in [-0.25, -0.2) is 0 Å². The summed E-state index contributed by atoms with van der Waals surface area (Å²) in [6, 6.07) is 0. The molecule has 0 saturated carbocycles. The molecule has 0 fully saturated rings. The van der Waals surface area contributed by atoms with E-state index in [0.717, 1.165) is 4.34 Å². The zero-order valence-corrected chi connectivity index (χ0v) is 9.64. The molecule has 1 aromatic heterocycles. The quantitative estimate of drug-likeness (QED) is 0.374. The summed E-state index contributed by atoms with van der Waals surface area (Å²) >= 11 is 7.48. The number of H-pyrrole nitrogens is 1. The van der Waals surface area contributed by atoms with Crippen LogP contribution >= 0.6 is 35.3 Å². The van der Waals surface area contributed by atoms with Crippen molar-refractivity contribution in [3.8, 4) is 0 Å². The van der Waals surface area contributed by atoms with Gasteiger partial charge in [-0.3, -0.25) is 9.89 Å². The summed E-state index contributed by atoms with van der Waals surface area (Å²) in [6.45, 7) is 3.69. The van der Waals surface area contributed by atoms with Crippen molar-refractivity contribution in [2.24, 2.45) is 0 Å². The molecule has 1 rings (SSSR count). The van der Waals surface area contributed by atoms with Gasteiger partial charge in [0.05, 0.1) is 5.75 Å². The molecule has 14 heavy (non-hydrogen) atoms. The van der Waals surface area contributed by atoms with Crippen LogP contribution in [-0.2, 0) is 9.53 Å². The van der Waals surface area contributed by atoms with E-state index in [9.17, 15) is 4.79 Å². The largest absolute Gasteiger partial charge is 0.461 e. The van der Waals surface area contributed by atoms with Crippen molar-refractivity contribution in [2.45, 2.75) is 4.34 Å². The number of aromatic nitrogens is 2. The standard InChI is InChI=1S/C7H8N2O2S3/c1-2-3-11-5(10)4-13-7-9-8-6(12)14-7/h2H,1,3-4H2,(H,8,12). The molecule has 0 aliphatic heterocycles. The SMILES string of the molecule is C=CCOC(=O)CSc1n[nH]c(=S)s1. The first-order valence-corrected chi connectivity index (χ1v) is 5.88. The van der Waals surface area contributed by atoms with Crippen molar-refractivity contribution in [3.05, 3.63) is 16.6 Å². The Labute approximate surface area is 94.4 Å². The van der Waals surface area contributed by atoms with E-state index in [-0.39, 0.29) is 18.3 Å². The highest BCUT2D eigenvalue weighted by atomic mass is 32.2. The molecule has 1 aromatic rings. The number of ether oxygens (including phenoxy) is 1. The molecule has 0 bridgehead atoms. The molecule has 0 aromatic carbocycles. The molecule has 0 aliphatic rings. The molecule has 76 valence electrons. The maximum Gasteiger partial charge on any atom is 0.316 e. The predicted molar refractivity (Wildman–Crippen MR) is 59.2 cm³/mol. The fourth-order valence-corrected chi connectivity index (χ4v) is 2.47. The smallest absolute Gasteiger partial charge is 0.316 e. The Morgan fingerprint density at radius 3 is 3.21 bits per heavy atom. The number of hydrogen-bond acceptors (Lipinski definition) is 6. The first-order valence-electron chi connectivity index (χ1n) is 3.67. The molecular formula is C7H8N2O2S3. The summed E-state index contributed by atoms with van der Waals surface area (Å²) < 4.78 is 6.13. The van der Waals surface area contributed by atoms with E-state index in [2.05, 4.69) is 16.8 Å². The third-order valence-corrected chi connectivity index (χ3v) is 3.30. The average Bonchev–Trinajstić information content (AvgIpc) is 2.58. The highest BCUT2D eigenvalue weighted by molar-refractivity contribution is 8.01. The van der Waals surface area contributed by atoms with Gasteiger partial charge in [0, 0.05) is 0 Å². The molecule has 0 saturated heterocycles. The Balaban J connectivity index is 2.30. The highest BCUT2D eigenvalue weighted by Crippen LogP contribution is 2.19. The monoisotopic (exact) mass is 248 g/mol. The van der Waals surface area contributed by atoms with Gasteiger partial charge in [0.25, 0.3) is 0 Å². The third-order valence-electron chi connectivity index (χ3n) is 1.09. The first-order chi connectivity index (χ1) is 6.72. The second-order valence-electron chi connectivity index (χ2n) is 2.14. The Kier molecular flexibility index (Phi) is 4.85. The van der Waals surface area contributed by atoms with Crippen LogP contribution in [0.4, 0.5) is 0 Å². The number of thioether (sulfide) groups is 1. The second-order valence-corrected chi connectivity index (χ2v) is 5.03. The van der Waals surface area contributed by atoms with Gasteiger partial charge in [-0.05, 0) is 12.2 Å². The van der Waals surface area contributed by atoms with E-state index in [1.54, 1.807) is 0 Å². The number of aromatic amines is 1. The third kappa shape index (κ3) is 4.03. The highest BCUT2D eigenvalue weighted by Gasteiger charge is 2.05. The van der Waals surface area contributed by atoms with Gasteiger partial charge in [0.2, 0.25) is 0 Å². The van der Waals surface area contributed by atoms with Crippen molar-refractivity contribution in [1.29, 1.82) is 0 Å². The minimum Gasteiger partial charge on any atom is -0.461 e. The lowest BCUT2D eigenvalue weighted by molar-refractivity contribution is -0.139. The van der Waals surface area contributed by atoms with E-state index >= 15 is 0 Å². The van der Waals surface area contributed by atoms with Crippen LogP contribution in [0.3, 0.4) is 0 Å². The lowest BCUT2D eigenvalue weighted by atomic mass is 10.7. The van der Waals surface area contributed by atoms with E-state index in [4.69, 9.17) is 17.0 Å². The maximum atomic E-state index is 11.0. The average molecular weight is 248 g/mol. The fraction of sp³-hybridized carbons (Fsp3) is 0.286. The van der Waals surface area contributed by atoms with Crippen molar-refractivity contribution < 1.29 is 9.53 Å². The zero-order valence-electron chi connectivity index (χ0n) is 7.19. The molecule has 1 N–H and O–H groups in total. The number of esters is 1. The molecule has 7 heteroatoms. The Morgan fingerprint density at radius 2 is 2.64 bits per heavy atom. The number of nitrogens with one attached hydrogen (secondary N) is 1. The van der Waals surface area contributed by atoms with Gasteiger partial charge in [0.1, 0.15) is 6.61 Å². The summed E-state index contributed by atoms with van der Waals surface area (Å²) in [7, 11) is 0. The number of carbonyl (C=O) groups is 1. The van der Waals surface area contributed by atoms with E-state index in [1.807, 2.05) is 0 Å². The van der Waals surface area contributed by atoms with Crippen LogP contribution in [0.5, 0.6) is 0 Å². The normalized spacial score (nSPS) is 9.71. The van der Waals surface area contributed by atoms with Crippen LogP contribution in [0.1, 0.15) is 0 Å². The van der Waals surface area contributed by atoms with Gasteiger partial charge in [-0.1, -0.05) is 35.8 Å². The van der Waals surface area contributed by atoms with Crippen molar-refractivity contribution >= 4 is 41.3 Å². The topological polar surface area (TPSA) is 55.0 Å². The predicted octanol–water partition coefficient (Wildman–Crippen LogP) is 2.02. The summed E-state index contributed by atoms with van der Waals surface area (Å²) in [5.41, 5.74) is 0. The molecular weight excluding hydrogens is 240 g/mol. The zero-order chi connectivity index (χ0) is 10.4. The van der Waals surface area contributed by atoms with Crippen LogP contribution < -0.4 is 0 Å². The number of rotatable bonds is 5. The number of carbonyl (C=O) groups excluding carboxylic acids is 1. The molecule has 0 radical (unpaired) electrons. The summed E-state index contributed by atoms with van der Waals surface area (Å²) in [6.07, 6.45) is 1.53. The van der Waals surface area contributed by atoms with E-state index in [1.165, 1.54) is 29.2 Å². The van der Waals surface area contributed by atoms with Crippen molar-refractivity contribution in [1.82, 2.24) is 10.2 Å². The Morgan fingerprint density at radius 1 is 1.86 bits per heavy atom. The fourth-order valence-electron chi connectivity index (χ4n) is 0.592. The van der Waals surface area contributed by atoms with Gasteiger partial charge in [-0.15, -0.1) is 0 Å². The minimum absolute atomic E-state index is 0.240. The second kappa shape index (κ2) is 5.94. The van der Waals surface area contributed by atoms with Crippen LogP contribution in [0, 0.1) is 3.95 Å². The number of hydrogen-bond donors (Lipinski definition) is 1. The summed E-state index contributed by atoms with van der Waals surface area (Å²) in [5, 5.41) is 6.52. The minimum atomic E-state index is -0.281. The van der Waals surface area contributed by atoms with Crippen molar-refractivity contribution in [2.75, 3.05) is 12.4 Å². The maximum absolute atomic E-state index is 11.0. The van der Waals surface area contributed by atoms with Gasteiger partial charge in [0.15, 0.2) is 8.29 Å². The van der Waals surface area contributed by atoms with Crippen LogP contribution in [0.2, 0.25) is 0 Å². The Bertz CT molecular complexity index is 371. The van der Waals surface area contributed by atoms with Gasteiger partial charge < -0.3 is 4.74 Å². The molecule has 0 aliphatic carbocycles. The molecule has 4 nitrogen and oxygen atoms in total. The summed E-state index contributed by atoms with van der Waals surface area (Å²) in [4.78, 5) is 11.0. The van der Waals surface area contributed by atoms with Crippen molar-refractivity contribution in [3.63, 3.8) is 0 Å². The van der Waals surface area contributed by atoms with E-state index < -0.39 is 0 Å². The van der Waals surface area contributed by atoms with Crippen LogP contribution in [-0.4, -0.2) is 28.5 Å². The van der Waals surface area contributed by atoms with Gasteiger partial charge in [-0.2, -0.15) is 5.10 Å². The van der Waals surface area contributed by atoms with E-state index in [0.29, 0.717) is 3.95 Å². The molecule has 0 amide bonds. The summed E-state index contributed by atoms with van der Waals surface area (Å²) in [5.74, 6) is -0.0414. The molecule has 0 spiro atoms. The van der Waals surface area contributed by atoms with Crippen LogP contribution in [0.25, 0.3) is 0 Å². The first kappa shape index (κ1) is 11.4. The van der Waals surface area contributed by atoms with Crippen LogP contribution in [0.15, 0.2) is 17.0 Å². The lowest BCUT2D eigenvalue weighted by Crippen LogP contribution is -2.06. The van der Waals surface area contributed by atoms with Gasteiger partial charge >= 0.3 is 5.97 Å². The number of nitrogens with zero attached hydrogens (tertiary/aromatic N) is 1. The molecule has 0 atom stereocenters.